The number of fused-ring (bicyclic) bond motifs is 1. The highest BCUT2D eigenvalue weighted by Gasteiger charge is 2.31. The summed E-state index contributed by atoms with van der Waals surface area (Å²) in [6, 6.07) is 10.2. The van der Waals surface area contributed by atoms with Crippen molar-refractivity contribution in [1.29, 1.82) is 0 Å². The van der Waals surface area contributed by atoms with Crippen molar-refractivity contribution in [1.82, 2.24) is 9.29 Å². The molecule has 3 aromatic rings. The molecule has 1 saturated heterocycles. The number of rotatable bonds is 3. The fourth-order valence-electron chi connectivity index (χ4n) is 3.43. The zero-order chi connectivity index (χ0) is 17.6. The minimum absolute atomic E-state index is 0.245. The molecule has 0 aliphatic carbocycles. The second-order valence-electron chi connectivity index (χ2n) is 6.50. The Labute approximate surface area is 150 Å². The van der Waals surface area contributed by atoms with Gasteiger partial charge in [0.2, 0.25) is 0 Å². The number of halogens is 1. The molecule has 2 aromatic heterocycles. The fraction of sp³-hybridized carbons (Fsp3) is 0.333. The molecule has 1 N–H and O–H groups in total. The maximum atomic E-state index is 13.3. The molecule has 4 rings (SSSR count). The highest BCUT2D eigenvalue weighted by Crippen LogP contribution is 2.33. The van der Waals surface area contributed by atoms with E-state index in [4.69, 9.17) is 0 Å². The number of nitrogens with zero attached hydrogens (tertiary/aromatic N) is 1. The topological polar surface area (TPSA) is 53.2 Å². The van der Waals surface area contributed by atoms with Crippen LogP contribution in [0.1, 0.15) is 29.3 Å². The van der Waals surface area contributed by atoms with Crippen molar-refractivity contribution in [2.45, 2.75) is 29.9 Å². The number of hydrogen-bond acceptors (Lipinski definition) is 3. The largest absolute Gasteiger partial charge is 0.358 e. The van der Waals surface area contributed by atoms with Gasteiger partial charge in [-0.25, -0.2) is 12.8 Å². The lowest BCUT2D eigenvalue weighted by Crippen LogP contribution is -2.37. The summed E-state index contributed by atoms with van der Waals surface area (Å²) in [5, 5.41) is 0.860. The van der Waals surface area contributed by atoms with Crippen molar-refractivity contribution < 1.29 is 12.8 Å². The first-order chi connectivity index (χ1) is 11.9. The van der Waals surface area contributed by atoms with Gasteiger partial charge in [0.25, 0.3) is 10.0 Å². The van der Waals surface area contributed by atoms with Gasteiger partial charge < -0.3 is 4.98 Å². The molecule has 132 valence electrons. The van der Waals surface area contributed by atoms with Crippen LogP contribution in [0.4, 0.5) is 4.39 Å². The van der Waals surface area contributed by atoms with Gasteiger partial charge in [0.1, 0.15) is 10.0 Å². The van der Waals surface area contributed by atoms with Crippen molar-refractivity contribution in [2.24, 2.45) is 0 Å². The highest BCUT2D eigenvalue weighted by atomic mass is 32.2. The number of aryl methyl sites for hydroxylation is 1. The molecule has 0 bridgehead atoms. The van der Waals surface area contributed by atoms with Crippen LogP contribution in [0.25, 0.3) is 10.9 Å². The zero-order valence-electron chi connectivity index (χ0n) is 13.8. The number of hydrogen-bond donors (Lipinski definition) is 1. The van der Waals surface area contributed by atoms with E-state index >= 15 is 0 Å². The van der Waals surface area contributed by atoms with E-state index < -0.39 is 10.0 Å². The zero-order valence-corrected chi connectivity index (χ0v) is 15.5. The Balaban J connectivity index is 1.50. The fourth-order valence-corrected chi connectivity index (χ4v) is 6.34. The number of aromatic amines is 1. The molecule has 25 heavy (non-hydrogen) atoms. The van der Waals surface area contributed by atoms with Crippen molar-refractivity contribution in [2.75, 3.05) is 13.1 Å². The van der Waals surface area contributed by atoms with Crippen LogP contribution >= 0.6 is 11.3 Å². The summed E-state index contributed by atoms with van der Waals surface area (Å²) in [4.78, 5) is 4.35. The van der Waals surface area contributed by atoms with E-state index in [2.05, 4.69) is 4.98 Å². The van der Waals surface area contributed by atoms with Gasteiger partial charge in [-0.15, -0.1) is 11.3 Å². The third-order valence-electron chi connectivity index (χ3n) is 4.81. The van der Waals surface area contributed by atoms with Crippen molar-refractivity contribution in [3.05, 3.63) is 52.8 Å². The molecule has 0 spiro atoms. The van der Waals surface area contributed by atoms with Crippen LogP contribution in [0.15, 0.2) is 40.6 Å². The molecule has 1 aliphatic rings. The Kier molecular flexibility index (Phi) is 4.17. The van der Waals surface area contributed by atoms with Crippen LogP contribution in [-0.2, 0) is 10.0 Å². The van der Waals surface area contributed by atoms with Crippen LogP contribution < -0.4 is 0 Å². The minimum Gasteiger partial charge on any atom is -0.358 e. The predicted octanol–water partition coefficient (Wildman–Crippen LogP) is 4.25. The lowest BCUT2D eigenvalue weighted by Gasteiger charge is -2.30. The lowest BCUT2D eigenvalue weighted by molar-refractivity contribution is 0.318. The van der Waals surface area contributed by atoms with Crippen molar-refractivity contribution in [3.63, 3.8) is 0 Å². The molecule has 0 unspecified atom stereocenters. The van der Waals surface area contributed by atoms with Crippen LogP contribution in [-0.4, -0.2) is 30.8 Å². The summed E-state index contributed by atoms with van der Waals surface area (Å²) in [6.07, 6.45) is 1.53. The first kappa shape index (κ1) is 16.8. The summed E-state index contributed by atoms with van der Waals surface area (Å²) in [5.41, 5.74) is 1.98. The number of sulfonamides is 1. The van der Waals surface area contributed by atoms with Gasteiger partial charge in [0, 0.05) is 40.5 Å². The van der Waals surface area contributed by atoms with Gasteiger partial charge in [0.15, 0.2) is 0 Å². The maximum absolute atomic E-state index is 13.3. The minimum atomic E-state index is -3.39. The number of thiophene rings is 1. The quantitative estimate of drug-likeness (QED) is 0.741. The molecule has 1 aliphatic heterocycles. The van der Waals surface area contributed by atoms with Gasteiger partial charge in [-0.2, -0.15) is 4.31 Å². The van der Waals surface area contributed by atoms with Gasteiger partial charge in [-0.1, -0.05) is 0 Å². The molecule has 7 heteroatoms. The molecule has 0 radical (unpaired) electrons. The normalized spacial score (nSPS) is 17.4. The lowest BCUT2D eigenvalue weighted by atomic mass is 9.95. The Hall–Kier alpha value is -1.70. The van der Waals surface area contributed by atoms with Crippen molar-refractivity contribution in [3.8, 4) is 0 Å². The van der Waals surface area contributed by atoms with Crippen LogP contribution in [0.2, 0.25) is 0 Å². The molecular formula is C18H19FN2O2S2. The average Bonchev–Trinajstić information content (AvgIpc) is 3.21. The van der Waals surface area contributed by atoms with Gasteiger partial charge in [0.05, 0.1) is 0 Å². The summed E-state index contributed by atoms with van der Waals surface area (Å²) in [6.45, 7) is 2.93. The SMILES string of the molecule is Cc1ccc(S(=O)(=O)N2CCC(c3cc4cc(F)ccc4[nH]3)CC2)s1. The first-order valence-corrected chi connectivity index (χ1v) is 10.5. The molecule has 1 fully saturated rings. The van der Waals surface area contributed by atoms with Crippen LogP contribution in [0, 0.1) is 12.7 Å². The van der Waals surface area contributed by atoms with E-state index in [1.54, 1.807) is 16.4 Å². The predicted molar refractivity (Wildman–Crippen MR) is 98.0 cm³/mol. The summed E-state index contributed by atoms with van der Waals surface area (Å²) >= 11 is 1.32. The van der Waals surface area contributed by atoms with Crippen LogP contribution in [0.5, 0.6) is 0 Å². The molecule has 4 nitrogen and oxygen atoms in total. The van der Waals surface area contributed by atoms with E-state index in [0.717, 1.165) is 34.3 Å². The van der Waals surface area contributed by atoms with E-state index in [0.29, 0.717) is 17.3 Å². The average molecular weight is 378 g/mol. The molecular weight excluding hydrogens is 359 g/mol. The first-order valence-electron chi connectivity index (χ1n) is 8.28. The van der Waals surface area contributed by atoms with Gasteiger partial charge in [-0.3, -0.25) is 0 Å². The van der Waals surface area contributed by atoms with Crippen LogP contribution in [0.3, 0.4) is 0 Å². The highest BCUT2D eigenvalue weighted by molar-refractivity contribution is 7.91. The maximum Gasteiger partial charge on any atom is 0.252 e. The molecule has 0 atom stereocenters. The number of aromatic nitrogens is 1. The monoisotopic (exact) mass is 378 g/mol. The third-order valence-corrected chi connectivity index (χ3v) is 8.17. The summed E-state index contributed by atoms with van der Waals surface area (Å²) in [7, 11) is -3.39. The Morgan fingerprint density at radius 3 is 2.60 bits per heavy atom. The molecule has 0 amide bonds. The Bertz CT molecular complexity index is 1010. The van der Waals surface area contributed by atoms with Crippen molar-refractivity contribution >= 4 is 32.3 Å². The summed E-state index contributed by atoms with van der Waals surface area (Å²) < 4.78 is 40.8. The Morgan fingerprint density at radius 1 is 1.16 bits per heavy atom. The van der Waals surface area contributed by atoms with Gasteiger partial charge >= 0.3 is 0 Å². The number of H-pyrrole nitrogens is 1. The van der Waals surface area contributed by atoms with E-state index in [9.17, 15) is 12.8 Å². The molecule has 1 aromatic carbocycles. The van der Waals surface area contributed by atoms with E-state index in [-0.39, 0.29) is 11.7 Å². The number of nitrogens with one attached hydrogen (secondary N) is 1. The van der Waals surface area contributed by atoms with Gasteiger partial charge in [-0.05, 0) is 56.2 Å². The second-order valence-corrected chi connectivity index (χ2v) is 9.95. The Morgan fingerprint density at radius 2 is 1.92 bits per heavy atom. The van der Waals surface area contributed by atoms with E-state index in [1.807, 2.05) is 19.1 Å². The van der Waals surface area contributed by atoms with E-state index in [1.165, 1.54) is 23.5 Å². The third kappa shape index (κ3) is 3.12. The number of piperidine rings is 1. The number of benzene rings is 1. The second kappa shape index (κ2) is 6.23. The molecule has 3 heterocycles. The summed E-state index contributed by atoms with van der Waals surface area (Å²) in [5.74, 6) is 0.0252. The molecule has 0 saturated carbocycles. The standard InChI is InChI=1S/C18H19FN2O2S2/c1-12-2-5-18(24-12)25(22,23)21-8-6-13(7-9-21)17-11-14-10-15(19)3-4-16(14)20-17/h2-5,10-11,13,20H,6-9H2,1H3. The smallest absolute Gasteiger partial charge is 0.252 e.